The number of amides is 1. The number of hydrogen-bond donors (Lipinski definition) is 0. The summed E-state index contributed by atoms with van der Waals surface area (Å²) in [6, 6.07) is 13.0. The van der Waals surface area contributed by atoms with Crippen LogP contribution in [0.25, 0.3) is 0 Å². The Bertz CT molecular complexity index is 1060. The molecule has 29 heavy (non-hydrogen) atoms. The van der Waals surface area contributed by atoms with Gasteiger partial charge in [0, 0.05) is 29.6 Å². The van der Waals surface area contributed by atoms with Gasteiger partial charge in [0.2, 0.25) is 5.91 Å². The van der Waals surface area contributed by atoms with Crippen LogP contribution < -0.4 is 9.80 Å². The third-order valence-electron chi connectivity index (χ3n) is 5.50. The fourth-order valence-electron chi connectivity index (χ4n) is 4.21. The van der Waals surface area contributed by atoms with Crippen LogP contribution in [0.2, 0.25) is 10.0 Å². The summed E-state index contributed by atoms with van der Waals surface area (Å²) in [6.07, 6.45) is 1.16. The van der Waals surface area contributed by atoms with Crippen molar-refractivity contribution in [3.05, 3.63) is 63.8 Å². The number of allylic oxidation sites excluding steroid dienone is 1. The van der Waals surface area contributed by atoms with Crippen molar-refractivity contribution in [1.82, 2.24) is 0 Å². The normalized spacial score (nSPS) is 18.3. The molecule has 0 saturated heterocycles. The molecule has 2 aromatic carbocycles. The highest BCUT2D eigenvalue weighted by atomic mass is 35.5. The van der Waals surface area contributed by atoms with Crippen LogP contribution in [0.15, 0.2) is 53.7 Å². The zero-order chi connectivity index (χ0) is 20.9. The van der Waals surface area contributed by atoms with Crippen molar-refractivity contribution < 1.29 is 9.59 Å². The van der Waals surface area contributed by atoms with E-state index in [2.05, 4.69) is 13.8 Å². The number of ketones is 1. The van der Waals surface area contributed by atoms with Crippen molar-refractivity contribution in [3.63, 3.8) is 0 Å². The Kier molecular flexibility index (Phi) is 4.96. The summed E-state index contributed by atoms with van der Waals surface area (Å²) in [5.41, 5.74) is 3.70. The number of anilines is 3. The summed E-state index contributed by atoms with van der Waals surface area (Å²) in [5.74, 6) is -0.0311. The summed E-state index contributed by atoms with van der Waals surface area (Å²) >= 11 is 12.7. The minimum atomic E-state index is -0.187. The molecule has 0 bridgehead atoms. The predicted molar refractivity (Wildman–Crippen MR) is 118 cm³/mol. The molecule has 1 aliphatic heterocycles. The molecule has 0 N–H and O–H groups in total. The van der Waals surface area contributed by atoms with E-state index in [4.69, 9.17) is 23.2 Å². The van der Waals surface area contributed by atoms with E-state index in [0.717, 1.165) is 22.8 Å². The van der Waals surface area contributed by atoms with Crippen LogP contribution in [0.5, 0.6) is 0 Å². The second kappa shape index (κ2) is 7.19. The molecule has 2 aliphatic rings. The van der Waals surface area contributed by atoms with Crippen molar-refractivity contribution >= 4 is 52.0 Å². The Labute approximate surface area is 180 Å². The van der Waals surface area contributed by atoms with Gasteiger partial charge < -0.3 is 9.80 Å². The third kappa shape index (κ3) is 3.56. The molecule has 6 heteroatoms. The van der Waals surface area contributed by atoms with E-state index in [0.29, 0.717) is 28.5 Å². The first kappa shape index (κ1) is 20.0. The number of rotatable bonds is 1. The highest BCUT2D eigenvalue weighted by Gasteiger charge is 2.40. The van der Waals surface area contributed by atoms with E-state index in [9.17, 15) is 9.59 Å². The molecule has 0 atom stereocenters. The Balaban J connectivity index is 2.04. The van der Waals surface area contributed by atoms with E-state index < -0.39 is 0 Å². The summed E-state index contributed by atoms with van der Waals surface area (Å²) in [5, 5.41) is 1.03. The Morgan fingerprint density at radius 1 is 1.00 bits per heavy atom. The van der Waals surface area contributed by atoms with Crippen LogP contribution in [0.3, 0.4) is 0 Å². The van der Waals surface area contributed by atoms with Crippen LogP contribution in [0, 0.1) is 5.41 Å². The molecule has 0 radical (unpaired) electrons. The number of para-hydroxylation sites is 2. The zero-order valence-corrected chi connectivity index (χ0v) is 18.1. The number of nitrogens with zero attached hydrogens (tertiary/aromatic N) is 2. The van der Waals surface area contributed by atoms with Crippen LogP contribution >= 0.6 is 23.2 Å². The fraction of sp³-hybridized carbons (Fsp3) is 0.304. The lowest BCUT2D eigenvalue weighted by atomic mass is 9.75. The van der Waals surface area contributed by atoms with E-state index in [1.165, 1.54) is 6.92 Å². The third-order valence-corrected chi connectivity index (χ3v) is 6.04. The van der Waals surface area contributed by atoms with Crippen molar-refractivity contribution in [2.45, 2.75) is 33.6 Å². The lowest BCUT2D eigenvalue weighted by molar-refractivity contribution is -0.118. The average Bonchev–Trinajstić information content (AvgIpc) is 2.76. The number of hydrogen-bond acceptors (Lipinski definition) is 3. The van der Waals surface area contributed by atoms with Gasteiger partial charge in [0.05, 0.1) is 28.6 Å². The quantitative estimate of drug-likeness (QED) is 0.547. The van der Waals surface area contributed by atoms with Gasteiger partial charge >= 0.3 is 0 Å². The molecular formula is C23H22Cl2N2O2. The number of Topliss-reactive ketones (excluding diaryl/α,β-unsaturated/α-hetero) is 1. The summed E-state index contributed by atoms with van der Waals surface area (Å²) in [4.78, 5) is 29.4. The summed E-state index contributed by atoms with van der Waals surface area (Å²) < 4.78 is 0. The molecule has 150 valence electrons. The number of benzene rings is 2. The first-order chi connectivity index (χ1) is 13.7. The Morgan fingerprint density at radius 3 is 2.34 bits per heavy atom. The highest BCUT2D eigenvalue weighted by Crippen LogP contribution is 2.49. The Hall–Kier alpha value is -2.30. The molecule has 0 unspecified atom stereocenters. The van der Waals surface area contributed by atoms with Gasteiger partial charge in [0.25, 0.3) is 0 Å². The fourth-order valence-corrected chi connectivity index (χ4v) is 4.70. The second-order valence-electron chi connectivity index (χ2n) is 8.39. The largest absolute Gasteiger partial charge is 0.310 e. The molecule has 0 fully saturated rings. The molecule has 4 nitrogen and oxygen atoms in total. The van der Waals surface area contributed by atoms with Gasteiger partial charge in [0.15, 0.2) is 5.78 Å². The smallest absolute Gasteiger partial charge is 0.224 e. The predicted octanol–water partition coefficient (Wildman–Crippen LogP) is 6.14. The second-order valence-corrected chi connectivity index (χ2v) is 9.23. The van der Waals surface area contributed by atoms with E-state index >= 15 is 0 Å². The van der Waals surface area contributed by atoms with Crippen molar-refractivity contribution in [1.29, 1.82) is 0 Å². The lowest BCUT2D eigenvalue weighted by Crippen LogP contribution is -2.36. The monoisotopic (exact) mass is 428 g/mol. The van der Waals surface area contributed by atoms with Crippen LogP contribution in [-0.4, -0.2) is 18.2 Å². The molecule has 0 saturated carbocycles. The number of halogens is 2. The van der Waals surface area contributed by atoms with Crippen LogP contribution in [-0.2, 0) is 9.59 Å². The number of carbonyl (C=O) groups is 2. The standard InChI is InChI=1S/C23H22Cl2N2O2/c1-14(28)26-13-16-21(11-23(2,3)12-22(16)29)27(20-7-5-4-6-19(20)26)18-9-8-15(24)10-17(18)25/h4-10H,11-13H2,1-3H3. The molecule has 1 amide bonds. The highest BCUT2D eigenvalue weighted by molar-refractivity contribution is 6.36. The lowest BCUT2D eigenvalue weighted by Gasteiger charge is -2.37. The van der Waals surface area contributed by atoms with Crippen LogP contribution in [0.1, 0.15) is 33.6 Å². The van der Waals surface area contributed by atoms with Gasteiger partial charge in [-0.3, -0.25) is 9.59 Å². The minimum absolute atomic E-state index is 0.0744. The first-order valence-corrected chi connectivity index (χ1v) is 10.3. The average molecular weight is 429 g/mol. The molecule has 0 aromatic heterocycles. The summed E-state index contributed by atoms with van der Waals surface area (Å²) in [6.45, 7) is 5.98. The maximum absolute atomic E-state index is 13.2. The molecular weight excluding hydrogens is 407 g/mol. The molecule has 0 spiro atoms. The van der Waals surface area contributed by atoms with Gasteiger partial charge in [-0.1, -0.05) is 49.2 Å². The van der Waals surface area contributed by atoms with Crippen molar-refractivity contribution in [3.8, 4) is 0 Å². The summed E-state index contributed by atoms with van der Waals surface area (Å²) in [7, 11) is 0. The van der Waals surface area contributed by atoms with Crippen molar-refractivity contribution in [2.24, 2.45) is 5.41 Å². The Morgan fingerprint density at radius 2 is 1.69 bits per heavy atom. The van der Waals surface area contributed by atoms with Crippen LogP contribution in [0.4, 0.5) is 17.1 Å². The van der Waals surface area contributed by atoms with Gasteiger partial charge in [-0.15, -0.1) is 0 Å². The number of carbonyl (C=O) groups excluding carboxylic acids is 2. The van der Waals surface area contributed by atoms with Gasteiger partial charge in [-0.25, -0.2) is 0 Å². The zero-order valence-electron chi connectivity index (χ0n) is 16.6. The van der Waals surface area contributed by atoms with E-state index in [-0.39, 0.29) is 23.7 Å². The van der Waals surface area contributed by atoms with E-state index in [1.807, 2.05) is 35.2 Å². The maximum atomic E-state index is 13.2. The molecule has 1 heterocycles. The van der Waals surface area contributed by atoms with E-state index in [1.54, 1.807) is 17.0 Å². The molecule has 2 aromatic rings. The van der Waals surface area contributed by atoms with Gasteiger partial charge in [-0.05, 0) is 42.2 Å². The van der Waals surface area contributed by atoms with Crippen molar-refractivity contribution in [2.75, 3.05) is 16.3 Å². The number of fused-ring (bicyclic) bond motifs is 1. The molecule has 1 aliphatic carbocycles. The molecule has 4 rings (SSSR count). The van der Waals surface area contributed by atoms with Gasteiger partial charge in [0.1, 0.15) is 0 Å². The topological polar surface area (TPSA) is 40.6 Å². The first-order valence-electron chi connectivity index (χ1n) is 9.55. The van der Waals surface area contributed by atoms with Gasteiger partial charge in [-0.2, -0.15) is 0 Å². The SMILES string of the molecule is CC(=O)N1CC2=C(CC(C)(C)CC2=O)N(c2ccc(Cl)cc2Cl)c2ccccc21. The maximum Gasteiger partial charge on any atom is 0.224 e. The minimum Gasteiger partial charge on any atom is -0.310 e.